The van der Waals surface area contributed by atoms with Crippen LogP contribution < -0.4 is 5.73 Å². The number of rotatable bonds is 3. The van der Waals surface area contributed by atoms with Gasteiger partial charge in [-0.25, -0.2) is 0 Å². The van der Waals surface area contributed by atoms with Gasteiger partial charge in [-0.1, -0.05) is 0 Å². The van der Waals surface area contributed by atoms with Crippen LogP contribution in [0.4, 0.5) is 26.3 Å². The van der Waals surface area contributed by atoms with Gasteiger partial charge in [0.15, 0.2) is 0 Å². The molecule has 1 aromatic carbocycles. The summed E-state index contributed by atoms with van der Waals surface area (Å²) >= 11 is 0. The molecule has 2 nitrogen and oxygen atoms in total. The van der Waals surface area contributed by atoms with Crippen LogP contribution in [0.2, 0.25) is 0 Å². The lowest BCUT2D eigenvalue weighted by Crippen LogP contribution is -2.23. The van der Waals surface area contributed by atoms with Gasteiger partial charge in [0.1, 0.15) is 0 Å². The zero-order valence-electron chi connectivity index (χ0n) is 12.0. The van der Waals surface area contributed by atoms with E-state index in [2.05, 4.69) is 0 Å². The SMILES string of the molecule is Cl.NCC1CCN(Cc2cc(C(F)(F)F)cc(C(F)(F)F)c2)C1. The molecular formula is C14H17ClF6N2. The first kappa shape index (κ1) is 20.1. The van der Waals surface area contributed by atoms with Crippen molar-refractivity contribution in [3.63, 3.8) is 0 Å². The predicted molar refractivity (Wildman–Crippen MR) is 76.1 cm³/mol. The molecule has 1 aliphatic rings. The Morgan fingerprint density at radius 2 is 1.52 bits per heavy atom. The first-order chi connectivity index (χ1) is 10.1. The number of nitrogens with two attached hydrogens (primary N) is 1. The third kappa shape index (κ3) is 5.26. The Balaban J connectivity index is 0.00000264. The molecule has 1 saturated heterocycles. The summed E-state index contributed by atoms with van der Waals surface area (Å²) in [5, 5.41) is 0. The van der Waals surface area contributed by atoms with Gasteiger partial charge in [0.25, 0.3) is 0 Å². The van der Waals surface area contributed by atoms with Gasteiger partial charge in [-0.05, 0) is 49.2 Å². The van der Waals surface area contributed by atoms with Crippen molar-refractivity contribution in [2.24, 2.45) is 11.7 Å². The molecule has 132 valence electrons. The fraction of sp³-hybridized carbons (Fsp3) is 0.571. The van der Waals surface area contributed by atoms with Crippen LogP contribution in [-0.2, 0) is 18.9 Å². The first-order valence-electron chi connectivity index (χ1n) is 6.80. The van der Waals surface area contributed by atoms with Crippen LogP contribution in [-0.4, -0.2) is 24.5 Å². The molecule has 23 heavy (non-hydrogen) atoms. The van der Waals surface area contributed by atoms with Gasteiger partial charge in [-0.3, -0.25) is 4.90 Å². The number of benzene rings is 1. The van der Waals surface area contributed by atoms with Gasteiger partial charge in [-0.2, -0.15) is 26.3 Å². The maximum atomic E-state index is 12.8. The van der Waals surface area contributed by atoms with E-state index in [-0.39, 0.29) is 36.5 Å². The van der Waals surface area contributed by atoms with E-state index in [0.717, 1.165) is 18.6 Å². The number of halogens is 7. The minimum atomic E-state index is -4.80. The van der Waals surface area contributed by atoms with E-state index in [9.17, 15) is 26.3 Å². The minimum Gasteiger partial charge on any atom is -0.330 e. The molecule has 1 unspecified atom stereocenters. The lowest BCUT2D eigenvalue weighted by atomic mass is 10.0. The summed E-state index contributed by atoms with van der Waals surface area (Å²) in [6.07, 6.45) is -8.80. The highest BCUT2D eigenvalue weighted by Crippen LogP contribution is 2.36. The van der Waals surface area contributed by atoms with Crippen molar-refractivity contribution in [1.82, 2.24) is 4.90 Å². The number of alkyl halides is 6. The van der Waals surface area contributed by atoms with Crippen LogP contribution in [0.3, 0.4) is 0 Å². The Labute approximate surface area is 136 Å². The maximum absolute atomic E-state index is 12.8. The van der Waals surface area contributed by atoms with Crippen molar-refractivity contribution < 1.29 is 26.3 Å². The van der Waals surface area contributed by atoms with Crippen molar-refractivity contribution in [1.29, 1.82) is 0 Å². The van der Waals surface area contributed by atoms with Gasteiger partial charge >= 0.3 is 12.4 Å². The number of hydrogen-bond donors (Lipinski definition) is 1. The Morgan fingerprint density at radius 1 is 1.00 bits per heavy atom. The zero-order valence-corrected chi connectivity index (χ0v) is 12.9. The highest BCUT2D eigenvalue weighted by Gasteiger charge is 2.37. The van der Waals surface area contributed by atoms with Crippen LogP contribution in [0.25, 0.3) is 0 Å². The van der Waals surface area contributed by atoms with E-state index in [0.29, 0.717) is 19.6 Å². The Kier molecular flexibility index (Phi) is 6.34. The number of likely N-dealkylation sites (tertiary alicyclic amines) is 1. The smallest absolute Gasteiger partial charge is 0.330 e. The van der Waals surface area contributed by atoms with Crippen LogP contribution in [0.1, 0.15) is 23.1 Å². The van der Waals surface area contributed by atoms with Crippen LogP contribution in [0.5, 0.6) is 0 Å². The summed E-state index contributed by atoms with van der Waals surface area (Å²) in [4.78, 5) is 1.83. The summed E-state index contributed by atoms with van der Waals surface area (Å²) in [6.45, 7) is 1.74. The quantitative estimate of drug-likeness (QED) is 0.826. The van der Waals surface area contributed by atoms with Crippen molar-refractivity contribution >= 4 is 12.4 Å². The molecule has 9 heteroatoms. The molecule has 0 saturated carbocycles. The molecule has 1 aromatic rings. The third-order valence-electron chi connectivity index (χ3n) is 3.76. The van der Waals surface area contributed by atoms with Crippen LogP contribution >= 0.6 is 12.4 Å². The number of nitrogens with zero attached hydrogens (tertiary/aromatic N) is 1. The lowest BCUT2D eigenvalue weighted by Gasteiger charge is -2.19. The fourth-order valence-electron chi connectivity index (χ4n) is 2.62. The molecule has 1 atom stereocenters. The highest BCUT2D eigenvalue weighted by molar-refractivity contribution is 5.85. The lowest BCUT2D eigenvalue weighted by molar-refractivity contribution is -0.143. The first-order valence-corrected chi connectivity index (χ1v) is 6.80. The summed E-state index contributed by atoms with van der Waals surface area (Å²) in [5.41, 5.74) is 3.00. The second-order valence-corrected chi connectivity index (χ2v) is 5.54. The third-order valence-corrected chi connectivity index (χ3v) is 3.76. The Bertz CT molecular complexity index is 497. The molecule has 1 fully saturated rings. The van der Waals surface area contributed by atoms with Gasteiger partial charge in [0.05, 0.1) is 11.1 Å². The molecule has 0 aromatic heterocycles. The largest absolute Gasteiger partial charge is 0.416 e. The number of hydrogen-bond acceptors (Lipinski definition) is 2. The van der Waals surface area contributed by atoms with Gasteiger partial charge in [0, 0.05) is 13.1 Å². The molecule has 0 amide bonds. The predicted octanol–water partition coefficient (Wildman–Crippen LogP) is 3.93. The highest BCUT2D eigenvalue weighted by atomic mass is 35.5. The molecular weight excluding hydrogens is 346 g/mol. The molecule has 0 bridgehead atoms. The summed E-state index contributed by atoms with van der Waals surface area (Å²) in [5.74, 6) is 0.243. The maximum Gasteiger partial charge on any atom is 0.416 e. The summed E-state index contributed by atoms with van der Waals surface area (Å²) < 4.78 is 76.6. The van der Waals surface area contributed by atoms with E-state index < -0.39 is 23.5 Å². The second-order valence-electron chi connectivity index (χ2n) is 5.54. The van der Waals surface area contributed by atoms with Crippen molar-refractivity contribution in [2.75, 3.05) is 19.6 Å². The van der Waals surface area contributed by atoms with Crippen molar-refractivity contribution in [3.8, 4) is 0 Å². The molecule has 1 heterocycles. The van der Waals surface area contributed by atoms with Crippen molar-refractivity contribution in [2.45, 2.75) is 25.3 Å². The monoisotopic (exact) mass is 362 g/mol. The second kappa shape index (κ2) is 7.27. The normalized spacial score (nSPS) is 19.7. The van der Waals surface area contributed by atoms with E-state index >= 15 is 0 Å². The van der Waals surface area contributed by atoms with E-state index in [1.165, 1.54) is 0 Å². The average molecular weight is 363 g/mol. The standard InChI is InChI=1S/C14H16F6N2.ClH/c15-13(16,17)11-3-10(4-12(5-11)14(18,19)20)8-22-2-1-9(6-21)7-22;/h3-5,9H,1-2,6-8,21H2;1H. The summed E-state index contributed by atoms with van der Waals surface area (Å²) in [6, 6.07) is 1.71. The van der Waals surface area contributed by atoms with Gasteiger partial charge < -0.3 is 5.73 Å². The Hall–Kier alpha value is -0.990. The molecule has 1 aliphatic heterocycles. The average Bonchev–Trinajstić information content (AvgIpc) is 2.84. The topological polar surface area (TPSA) is 29.3 Å². The minimum absolute atomic E-state index is 0. The molecule has 2 N–H and O–H groups in total. The zero-order chi connectivity index (χ0) is 16.5. The Morgan fingerprint density at radius 3 is 1.91 bits per heavy atom. The summed E-state index contributed by atoms with van der Waals surface area (Å²) in [7, 11) is 0. The molecule has 0 radical (unpaired) electrons. The molecule has 0 spiro atoms. The van der Waals surface area contributed by atoms with Crippen LogP contribution in [0, 0.1) is 5.92 Å². The van der Waals surface area contributed by atoms with Crippen LogP contribution in [0.15, 0.2) is 18.2 Å². The van der Waals surface area contributed by atoms with E-state index in [4.69, 9.17) is 5.73 Å². The van der Waals surface area contributed by atoms with Gasteiger partial charge in [-0.15, -0.1) is 12.4 Å². The van der Waals surface area contributed by atoms with E-state index in [1.54, 1.807) is 0 Å². The fourth-order valence-corrected chi connectivity index (χ4v) is 2.62. The van der Waals surface area contributed by atoms with Crippen molar-refractivity contribution in [3.05, 3.63) is 34.9 Å². The van der Waals surface area contributed by atoms with Gasteiger partial charge in [0.2, 0.25) is 0 Å². The molecule has 0 aliphatic carbocycles. The molecule has 2 rings (SSSR count). The van der Waals surface area contributed by atoms with E-state index in [1.807, 2.05) is 4.90 Å².